The molecule has 0 saturated carbocycles. The first-order chi connectivity index (χ1) is 4.74. The molecule has 0 saturated heterocycles. The van der Waals surface area contributed by atoms with Crippen LogP contribution in [0.2, 0.25) is 5.02 Å². The van der Waals surface area contributed by atoms with Gasteiger partial charge < -0.3 is 0 Å². The highest BCUT2D eigenvalue weighted by atomic mass is 79.9. The molecule has 0 aromatic carbocycles. The van der Waals surface area contributed by atoms with Gasteiger partial charge in [0.2, 0.25) is 0 Å². The van der Waals surface area contributed by atoms with E-state index in [-0.39, 0.29) is 5.69 Å². The van der Waals surface area contributed by atoms with Gasteiger partial charge in [-0.25, -0.2) is 0 Å². The van der Waals surface area contributed by atoms with E-state index in [1.54, 1.807) is 6.07 Å². The average Bonchev–Trinajstić information content (AvgIpc) is 1.88. The Morgan fingerprint density at radius 2 is 2.40 bits per heavy atom. The monoisotopic (exact) mass is 219 g/mol. The smallest absolute Gasteiger partial charge is 0.169 e. The molecule has 1 aromatic rings. The Hall–Kier alpha value is -0.410. The second kappa shape index (κ2) is 3.12. The van der Waals surface area contributed by atoms with Gasteiger partial charge in [-0.3, -0.25) is 9.78 Å². The van der Waals surface area contributed by atoms with Crippen LogP contribution in [0.25, 0.3) is 0 Å². The molecule has 0 bridgehead atoms. The fourth-order valence-electron chi connectivity index (χ4n) is 0.512. The quantitative estimate of drug-likeness (QED) is 0.680. The second-order valence-electron chi connectivity index (χ2n) is 1.64. The van der Waals surface area contributed by atoms with Crippen LogP contribution in [0.3, 0.4) is 0 Å². The molecule has 0 radical (unpaired) electrons. The fourth-order valence-corrected chi connectivity index (χ4v) is 1.19. The van der Waals surface area contributed by atoms with Crippen molar-refractivity contribution in [3.8, 4) is 0 Å². The molecule has 0 spiro atoms. The number of hydrogen-bond acceptors (Lipinski definition) is 2. The lowest BCUT2D eigenvalue weighted by atomic mass is 10.4. The summed E-state index contributed by atoms with van der Waals surface area (Å²) in [5.74, 6) is 0. The number of nitrogens with zero attached hydrogens (tertiary/aromatic N) is 1. The van der Waals surface area contributed by atoms with Crippen molar-refractivity contribution in [3.05, 3.63) is 27.5 Å². The van der Waals surface area contributed by atoms with E-state index in [9.17, 15) is 4.79 Å². The lowest BCUT2D eigenvalue weighted by Gasteiger charge is -1.93. The predicted molar refractivity (Wildman–Crippen MR) is 42.3 cm³/mol. The van der Waals surface area contributed by atoms with Gasteiger partial charge in [0.05, 0.1) is 5.02 Å². The number of halogens is 2. The third-order valence-corrected chi connectivity index (χ3v) is 1.68. The van der Waals surface area contributed by atoms with Crippen LogP contribution in [0.4, 0.5) is 0 Å². The summed E-state index contributed by atoms with van der Waals surface area (Å²) < 4.78 is 0.767. The van der Waals surface area contributed by atoms with E-state index in [1.165, 1.54) is 6.20 Å². The van der Waals surface area contributed by atoms with Crippen LogP contribution in [-0.2, 0) is 0 Å². The van der Waals surface area contributed by atoms with Crippen LogP contribution in [0.5, 0.6) is 0 Å². The third-order valence-electron chi connectivity index (χ3n) is 0.948. The van der Waals surface area contributed by atoms with Crippen molar-refractivity contribution >= 4 is 33.8 Å². The maximum atomic E-state index is 10.2. The van der Waals surface area contributed by atoms with Gasteiger partial charge in [-0.05, 0) is 22.0 Å². The largest absolute Gasteiger partial charge is 0.296 e. The molecule has 52 valence electrons. The number of rotatable bonds is 1. The molecule has 0 amide bonds. The van der Waals surface area contributed by atoms with Crippen LogP contribution in [0.1, 0.15) is 10.5 Å². The first-order valence-corrected chi connectivity index (χ1v) is 3.67. The highest BCUT2D eigenvalue weighted by molar-refractivity contribution is 9.10. The van der Waals surface area contributed by atoms with Crippen LogP contribution >= 0.6 is 27.5 Å². The summed E-state index contributed by atoms with van der Waals surface area (Å²) in [4.78, 5) is 13.9. The number of hydrogen-bond donors (Lipinski definition) is 0. The van der Waals surface area contributed by atoms with Crippen LogP contribution in [0, 0.1) is 0 Å². The maximum absolute atomic E-state index is 10.2. The molecule has 0 aliphatic carbocycles. The summed E-state index contributed by atoms with van der Waals surface area (Å²) in [7, 11) is 0. The molecule has 2 nitrogen and oxygen atoms in total. The van der Waals surface area contributed by atoms with Crippen molar-refractivity contribution in [1.29, 1.82) is 0 Å². The molecule has 0 unspecified atom stereocenters. The summed E-state index contributed by atoms with van der Waals surface area (Å²) in [6, 6.07) is 1.62. The topological polar surface area (TPSA) is 30.0 Å². The minimum Gasteiger partial charge on any atom is -0.296 e. The molecule has 1 aromatic heterocycles. The highest BCUT2D eigenvalue weighted by Crippen LogP contribution is 2.16. The van der Waals surface area contributed by atoms with Gasteiger partial charge in [0, 0.05) is 10.7 Å². The Balaban J connectivity index is 3.19. The van der Waals surface area contributed by atoms with Crippen molar-refractivity contribution in [2.75, 3.05) is 0 Å². The van der Waals surface area contributed by atoms with Gasteiger partial charge in [-0.1, -0.05) is 11.6 Å². The first kappa shape index (κ1) is 7.69. The van der Waals surface area contributed by atoms with E-state index in [0.29, 0.717) is 11.3 Å². The van der Waals surface area contributed by atoms with Gasteiger partial charge in [0.25, 0.3) is 0 Å². The number of aldehydes is 1. The summed E-state index contributed by atoms with van der Waals surface area (Å²) in [5.41, 5.74) is 0.268. The standard InChI is InChI=1S/C6H3BrClNO/c7-4-1-5(8)6(3-10)9-2-4/h1-3H. The minimum atomic E-state index is 0.268. The molecular weight excluding hydrogens is 217 g/mol. The van der Waals surface area contributed by atoms with Crippen molar-refractivity contribution in [2.24, 2.45) is 0 Å². The molecule has 0 aliphatic rings. The Morgan fingerprint density at radius 3 is 2.90 bits per heavy atom. The van der Waals surface area contributed by atoms with Crippen molar-refractivity contribution in [3.63, 3.8) is 0 Å². The van der Waals surface area contributed by atoms with Gasteiger partial charge in [0.15, 0.2) is 6.29 Å². The lowest BCUT2D eigenvalue weighted by Crippen LogP contribution is -1.86. The molecule has 4 heteroatoms. The molecule has 1 rings (SSSR count). The summed E-state index contributed by atoms with van der Waals surface area (Å²) in [5, 5.41) is 0.365. The Bertz CT molecular complexity index is 264. The van der Waals surface area contributed by atoms with Gasteiger partial charge in [-0.2, -0.15) is 0 Å². The summed E-state index contributed by atoms with van der Waals surface area (Å²) in [6.07, 6.45) is 2.14. The van der Waals surface area contributed by atoms with Crippen molar-refractivity contribution in [2.45, 2.75) is 0 Å². The lowest BCUT2D eigenvalue weighted by molar-refractivity contribution is 0.111. The molecule has 0 atom stereocenters. The number of aromatic nitrogens is 1. The zero-order chi connectivity index (χ0) is 7.56. The molecular formula is C6H3BrClNO. The van der Waals surface area contributed by atoms with Crippen molar-refractivity contribution < 1.29 is 4.79 Å². The zero-order valence-electron chi connectivity index (χ0n) is 4.84. The SMILES string of the molecule is O=Cc1ncc(Br)cc1Cl. The van der Waals surface area contributed by atoms with E-state index in [0.717, 1.165) is 4.47 Å². The van der Waals surface area contributed by atoms with Crippen molar-refractivity contribution in [1.82, 2.24) is 4.98 Å². The van der Waals surface area contributed by atoms with E-state index in [1.807, 2.05) is 0 Å². The first-order valence-electron chi connectivity index (χ1n) is 2.50. The summed E-state index contributed by atoms with van der Waals surface area (Å²) in [6.45, 7) is 0. The second-order valence-corrected chi connectivity index (χ2v) is 2.96. The normalized spacial score (nSPS) is 9.40. The van der Waals surface area contributed by atoms with Gasteiger partial charge in [-0.15, -0.1) is 0 Å². The van der Waals surface area contributed by atoms with Crippen LogP contribution in [-0.4, -0.2) is 11.3 Å². The minimum absolute atomic E-state index is 0.268. The van der Waals surface area contributed by atoms with Gasteiger partial charge in [0.1, 0.15) is 5.69 Å². The number of carbonyl (C=O) groups is 1. The Labute approximate surface area is 71.3 Å². The molecule has 0 N–H and O–H groups in total. The Kier molecular flexibility index (Phi) is 2.40. The number of pyridine rings is 1. The van der Waals surface area contributed by atoms with E-state index in [4.69, 9.17) is 11.6 Å². The fraction of sp³-hybridized carbons (Fsp3) is 0. The third kappa shape index (κ3) is 1.55. The van der Waals surface area contributed by atoms with E-state index >= 15 is 0 Å². The zero-order valence-corrected chi connectivity index (χ0v) is 7.19. The van der Waals surface area contributed by atoms with E-state index < -0.39 is 0 Å². The van der Waals surface area contributed by atoms with Gasteiger partial charge >= 0.3 is 0 Å². The average molecular weight is 220 g/mol. The Morgan fingerprint density at radius 1 is 1.70 bits per heavy atom. The van der Waals surface area contributed by atoms with Crippen LogP contribution in [0.15, 0.2) is 16.7 Å². The number of carbonyl (C=O) groups excluding carboxylic acids is 1. The molecule has 0 aliphatic heterocycles. The maximum Gasteiger partial charge on any atom is 0.169 e. The summed E-state index contributed by atoms with van der Waals surface area (Å²) >= 11 is 8.77. The van der Waals surface area contributed by atoms with Crippen LogP contribution < -0.4 is 0 Å². The van der Waals surface area contributed by atoms with E-state index in [2.05, 4.69) is 20.9 Å². The molecule has 0 fully saturated rings. The highest BCUT2D eigenvalue weighted by Gasteiger charge is 1.98. The molecule has 1 heterocycles. The predicted octanol–water partition coefficient (Wildman–Crippen LogP) is 2.31. The molecule has 10 heavy (non-hydrogen) atoms.